The zero-order valence-corrected chi connectivity index (χ0v) is 11.5. The van der Waals surface area contributed by atoms with E-state index in [1.54, 1.807) is 31.4 Å². The standard InChI is InChI=1S/C15H14N2O4/c1-3-8-17-14(19)12(13(18)16-15(17)20)9-10-4-6-11(21-2)7-5-10/h3-7,9H,1,8H2,2H3,(H,16,18,20)/b12-9-. The van der Waals surface area contributed by atoms with E-state index in [1.807, 2.05) is 0 Å². The Morgan fingerprint density at radius 3 is 2.48 bits per heavy atom. The van der Waals surface area contributed by atoms with Crippen LogP contribution in [0.4, 0.5) is 4.79 Å². The molecule has 0 saturated carbocycles. The van der Waals surface area contributed by atoms with Crippen molar-refractivity contribution in [2.24, 2.45) is 0 Å². The molecule has 0 radical (unpaired) electrons. The summed E-state index contributed by atoms with van der Waals surface area (Å²) in [6, 6.07) is 6.10. The van der Waals surface area contributed by atoms with Gasteiger partial charge in [0, 0.05) is 6.54 Å². The molecule has 1 saturated heterocycles. The summed E-state index contributed by atoms with van der Waals surface area (Å²) in [5.74, 6) is -0.680. The fourth-order valence-corrected chi connectivity index (χ4v) is 1.86. The number of carbonyl (C=O) groups excluding carboxylic acids is 3. The summed E-state index contributed by atoms with van der Waals surface area (Å²) in [4.78, 5) is 36.4. The number of amides is 4. The van der Waals surface area contributed by atoms with Crippen LogP contribution in [0.3, 0.4) is 0 Å². The van der Waals surface area contributed by atoms with E-state index in [-0.39, 0.29) is 12.1 Å². The van der Waals surface area contributed by atoms with Crippen molar-refractivity contribution in [3.63, 3.8) is 0 Å². The third-order valence-electron chi connectivity index (χ3n) is 2.92. The van der Waals surface area contributed by atoms with Gasteiger partial charge in [0.25, 0.3) is 11.8 Å². The van der Waals surface area contributed by atoms with E-state index in [9.17, 15) is 14.4 Å². The zero-order chi connectivity index (χ0) is 15.4. The highest BCUT2D eigenvalue weighted by Gasteiger charge is 2.34. The fourth-order valence-electron chi connectivity index (χ4n) is 1.86. The van der Waals surface area contributed by atoms with Crippen LogP contribution in [-0.4, -0.2) is 36.4 Å². The third-order valence-corrected chi connectivity index (χ3v) is 2.92. The normalized spacial score (nSPS) is 16.9. The Balaban J connectivity index is 2.32. The van der Waals surface area contributed by atoms with Crippen molar-refractivity contribution in [3.8, 4) is 5.75 Å². The van der Waals surface area contributed by atoms with E-state index in [4.69, 9.17) is 4.74 Å². The Morgan fingerprint density at radius 1 is 1.24 bits per heavy atom. The minimum absolute atomic E-state index is 0.0396. The predicted octanol–water partition coefficient (Wildman–Crippen LogP) is 1.34. The van der Waals surface area contributed by atoms with Gasteiger partial charge in [0.15, 0.2) is 0 Å². The lowest BCUT2D eigenvalue weighted by atomic mass is 10.1. The average Bonchev–Trinajstić information content (AvgIpc) is 2.48. The van der Waals surface area contributed by atoms with Gasteiger partial charge in [-0.05, 0) is 23.8 Å². The Morgan fingerprint density at radius 2 is 1.90 bits per heavy atom. The minimum Gasteiger partial charge on any atom is -0.497 e. The lowest BCUT2D eigenvalue weighted by molar-refractivity contribution is -0.129. The molecular weight excluding hydrogens is 272 g/mol. The summed E-state index contributed by atoms with van der Waals surface area (Å²) in [7, 11) is 1.55. The maximum Gasteiger partial charge on any atom is 0.331 e. The maximum absolute atomic E-state index is 12.2. The number of barbiturate groups is 1. The number of carbonyl (C=O) groups is 3. The first-order valence-corrected chi connectivity index (χ1v) is 6.20. The molecule has 6 heteroatoms. The Labute approximate surface area is 121 Å². The van der Waals surface area contributed by atoms with E-state index >= 15 is 0 Å². The number of urea groups is 1. The summed E-state index contributed by atoms with van der Waals surface area (Å²) < 4.78 is 5.03. The van der Waals surface area contributed by atoms with E-state index in [2.05, 4.69) is 11.9 Å². The largest absolute Gasteiger partial charge is 0.497 e. The summed E-state index contributed by atoms with van der Waals surface area (Å²) in [6.07, 6.45) is 2.85. The third kappa shape index (κ3) is 3.00. The molecule has 0 bridgehead atoms. The summed E-state index contributed by atoms with van der Waals surface area (Å²) in [5, 5.41) is 2.12. The van der Waals surface area contributed by atoms with Gasteiger partial charge in [-0.3, -0.25) is 19.8 Å². The highest BCUT2D eigenvalue weighted by atomic mass is 16.5. The number of hydrogen-bond donors (Lipinski definition) is 1. The van der Waals surface area contributed by atoms with Crippen molar-refractivity contribution < 1.29 is 19.1 Å². The van der Waals surface area contributed by atoms with Crippen LogP contribution in [0, 0.1) is 0 Å². The van der Waals surface area contributed by atoms with Crippen molar-refractivity contribution in [1.29, 1.82) is 0 Å². The van der Waals surface area contributed by atoms with Crippen LogP contribution in [0.2, 0.25) is 0 Å². The van der Waals surface area contributed by atoms with E-state index in [1.165, 1.54) is 12.2 Å². The molecule has 0 unspecified atom stereocenters. The van der Waals surface area contributed by atoms with Crippen LogP contribution in [0.1, 0.15) is 5.56 Å². The number of ether oxygens (including phenoxy) is 1. The highest BCUT2D eigenvalue weighted by Crippen LogP contribution is 2.17. The first kappa shape index (κ1) is 14.5. The molecule has 6 nitrogen and oxygen atoms in total. The number of benzene rings is 1. The van der Waals surface area contributed by atoms with Crippen LogP contribution in [0.25, 0.3) is 6.08 Å². The molecule has 0 atom stereocenters. The van der Waals surface area contributed by atoms with Crippen molar-refractivity contribution in [3.05, 3.63) is 48.1 Å². The predicted molar refractivity (Wildman–Crippen MR) is 76.4 cm³/mol. The quantitative estimate of drug-likeness (QED) is 0.515. The first-order valence-electron chi connectivity index (χ1n) is 6.20. The SMILES string of the molecule is C=CCN1C(=O)NC(=O)/C(=C/c2ccc(OC)cc2)C1=O. The Hall–Kier alpha value is -2.89. The fraction of sp³-hybridized carbons (Fsp3) is 0.133. The van der Waals surface area contributed by atoms with Gasteiger partial charge in [-0.25, -0.2) is 4.79 Å². The molecule has 1 N–H and O–H groups in total. The molecule has 21 heavy (non-hydrogen) atoms. The second-order valence-electron chi connectivity index (χ2n) is 4.29. The summed E-state index contributed by atoms with van der Waals surface area (Å²) in [6.45, 7) is 3.52. The van der Waals surface area contributed by atoms with E-state index in [0.29, 0.717) is 11.3 Å². The number of nitrogens with zero attached hydrogens (tertiary/aromatic N) is 1. The van der Waals surface area contributed by atoms with Crippen LogP contribution in [0.5, 0.6) is 5.75 Å². The smallest absolute Gasteiger partial charge is 0.331 e. The second kappa shape index (κ2) is 6.04. The van der Waals surface area contributed by atoms with Crippen LogP contribution in [0.15, 0.2) is 42.5 Å². The molecule has 1 fully saturated rings. The second-order valence-corrected chi connectivity index (χ2v) is 4.29. The summed E-state index contributed by atoms with van der Waals surface area (Å²) in [5.41, 5.74) is 0.559. The van der Waals surface area contributed by atoms with Gasteiger partial charge in [0.2, 0.25) is 0 Å². The molecule has 1 aliphatic rings. The van der Waals surface area contributed by atoms with Gasteiger partial charge < -0.3 is 4.74 Å². The Bertz CT molecular complexity index is 632. The molecule has 0 aliphatic carbocycles. The van der Waals surface area contributed by atoms with Crippen molar-refractivity contribution >= 4 is 23.9 Å². The van der Waals surface area contributed by atoms with Gasteiger partial charge >= 0.3 is 6.03 Å². The monoisotopic (exact) mass is 286 g/mol. The van der Waals surface area contributed by atoms with Gasteiger partial charge in [-0.2, -0.15) is 0 Å². The number of nitrogens with one attached hydrogen (secondary N) is 1. The van der Waals surface area contributed by atoms with Crippen molar-refractivity contribution in [2.75, 3.05) is 13.7 Å². The van der Waals surface area contributed by atoms with Gasteiger partial charge in [0.05, 0.1) is 7.11 Å². The molecule has 2 rings (SSSR count). The molecule has 4 amide bonds. The molecule has 1 heterocycles. The van der Waals surface area contributed by atoms with Crippen LogP contribution >= 0.6 is 0 Å². The van der Waals surface area contributed by atoms with Gasteiger partial charge in [-0.15, -0.1) is 6.58 Å². The Kier molecular flexibility index (Phi) is 4.18. The molecule has 0 aromatic heterocycles. The lowest BCUT2D eigenvalue weighted by Gasteiger charge is -2.25. The molecule has 1 aliphatic heterocycles. The van der Waals surface area contributed by atoms with Gasteiger partial charge in [0.1, 0.15) is 11.3 Å². The van der Waals surface area contributed by atoms with Gasteiger partial charge in [-0.1, -0.05) is 18.2 Å². The number of imide groups is 2. The molecule has 108 valence electrons. The first-order chi connectivity index (χ1) is 10.1. The minimum atomic E-state index is -0.739. The van der Waals surface area contributed by atoms with Crippen molar-refractivity contribution in [1.82, 2.24) is 10.2 Å². The van der Waals surface area contributed by atoms with E-state index in [0.717, 1.165) is 4.90 Å². The van der Waals surface area contributed by atoms with E-state index < -0.39 is 17.8 Å². The molecule has 0 spiro atoms. The zero-order valence-electron chi connectivity index (χ0n) is 11.5. The number of hydrogen-bond acceptors (Lipinski definition) is 4. The maximum atomic E-state index is 12.2. The molecule has 1 aromatic rings. The van der Waals surface area contributed by atoms with Crippen molar-refractivity contribution in [2.45, 2.75) is 0 Å². The summed E-state index contributed by atoms with van der Waals surface area (Å²) >= 11 is 0. The molecule has 1 aromatic carbocycles. The topological polar surface area (TPSA) is 75.7 Å². The number of methoxy groups -OCH3 is 1. The highest BCUT2D eigenvalue weighted by molar-refractivity contribution is 6.31. The number of rotatable bonds is 4. The van der Waals surface area contributed by atoms with Crippen LogP contribution < -0.4 is 10.1 Å². The molecular formula is C15H14N2O4. The lowest BCUT2D eigenvalue weighted by Crippen LogP contribution is -2.54. The van der Waals surface area contributed by atoms with Crippen LogP contribution in [-0.2, 0) is 9.59 Å². The average molecular weight is 286 g/mol.